The quantitative estimate of drug-likeness (QED) is 0.515. The first kappa shape index (κ1) is 22.1. The Bertz CT molecular complexity index is 912. The van der Waals surface area contributed by atoms with Gasteiger partial charge in [0.2, 0.25) is 0 Å². The van der Waals surface area contributed by atoms with Crippen LogP contribution in [0.4, 0.5) is 5.69 Å². The molecule has 2 aromatic carbocycles. The number of rotatable bonds is 8. The van der Waals surface area contributed by atoms with Gasteiger partial charge in [-0.3, -0.25) is 4.79 Å². The van der Waals surface area contributed by atoms with E-state index >= 15 is 0 Å². The minimum atomic E-state index is -1.03. The van der Waals surface area contributed by atoms with Gasteiger partial charge in [0.15, 0.2) is 6.10 Å². The van der Waals surface area contributed by atoms with Gasteiger partial charge in [0.05, 0.1) is 27.0 Å². The highest BCUT2D eigenvalue weighted by Crippen LogP contribution is 2.28. The third kappa shape index (κ3) is 6.15. The van der Waals surface area contributed by atoms with E-state index in [0.717, 1.165) is 0 Å². The lowest BCUT2D eigenvalue weighted by molar-refractivity contribution is -0.148. The van der Waals surface area contributed by atoms with Gasteiger partial charge < -0.3 is 24.3 Å². The van der Waals surface area contributed by atoms with E-state index in [1.54, 1.807) is 43.5 Å². The van der Waals surface area contributed by atoms with Crippen molar-refractivity contribution in [2.45, 2.75) is 13.0 Å². The maximum atomic E-state index is 12.3. The monoisotopic (exact) mass is 419 g/mol. The third-order valence-electron chi connectivity index (χ3n) is 3.92. The van der Waals surface area contributed by atoms with E-state index in [4.69, 9.17) is 30.5 Å². The van der Waals surface area contributed by atoms with Gasteiger partial charge in [-0.05, 0) is 43.3 Å². The number of ether oxygens (including phenoxy) is 4. The molecule has 0 unspecified atom stereocenters. The van der Waals surface area contributed by atoms with Gasteiger partial charge in [-0.1, -0.05) is 11.6 Å². The van der Waals surface area contributed by atoms with Crippen molar-refractivity contribution in [3.63, 3.8) is 0 Å². The Morgan fingerprint density at radius 1 is 1.00 bits per heavy atom. The molecule has 2 aromatic rings. The molecule has 7 nitrogen and oxygen atoms in total. The van der Waals surface area contributed by atoms with Gasteiger partial charge in [0.1, 0.15) is 17.2 Å². The second kappa shape index (κ2) is 10.4. The summed E-state index contributed by atoms with van der Waals surface area (Å²) in [4.78, 5) is 24.4. The minimum Gasteiger partial charge on any atom is -0.497 e. The van der Waals surface area contributed by atoms with Crippen LogP contribution in [-0.4, -0.2) is 39.3 Å². The molecule has 0 aliphatic heterocycles. The predicted molar refractivity (Wildman–Crippen MR) is 111 cm³/mol. The predicted octanol–water partition coefficient (Wildman–Crippen LogP) is 3.95. The zero-order valence-corrected chi connectivity index (χ0v) is 17.3. The van der Waals surface area contributed by atoms with Crippen LogP contribution >= 0.6 is 11.6 Å². The van der Waals surface area contributed by atoms with Crippen molar-refractivity contribution in [1.29, 1.82) is 0 Å². The number of halogens is 1. The summed E-state index contributed by atoms with van der Waals surface area (Å²) in [6, 6.07) is 9.98. The molecule has 0 bridgehead atoms. The Hall–Kier alpha value is -3.19. The molecular weight excluding hydrogens is 398 g/mol. The van der Waals surface area contributed by atoms with Crippen LogP contribution in [0.3, 0.4) is 0 Å². The largest absolute Gasteiger partial charge is 0.497 e. The first-order valence-corrected chi connectivity index (χ1v) is 9.00. The molecule has 2 rings (SSSR count). The molecular formula is C21H22ClNO6. The van der Waals surface area contributed by atoms with Crippen LogP contribution in [-0.2, 0) is 14.3 Å². The van der Waals surface area contributed by atoms with Crippen molar-refractivity contribution < 1.29 is 28.5 Å². The third-order valence-corrected chi connectivity index (χ3v) is 4.16. The Balaban J connectivity index is 2.01. The molecule has 0 spiro atoms. The SMILES string of the molecule is COc1ccc(/C=C/C(=O)O[C@@H](C)C(=O)Nc2cc(Cl)ccc2OC)c(OC)c1. The Kier molecular flexibility index (Phi) is 7.91. The van der Waals surface area contributed by atoms with Gasteiger partial charge in [0.25, 0.3) is 5.91 Å². The number of anilines is 1. The van der Waals surface area contributed by atoms with Crippen LogP contribution in [0.1, 0.15) is 12.5 Å². The highest BCUT2D eigenvalue weighted by Gasteiger charge is 2.18. The summed E-state index contributed by atoms with van der Waals surface area (Å²) in [5.41, 5.74) is 1.04. The lowest BCUT2D eigenvalue weighted by Gasteiger charge is -2.14. The van der Waals surface area contributed by atoms with Crippen molar-refractivity contribution in [3.8, 4) is 17.2 Å². The number of benzene rings is 2. The zero-order valence-electron chi connectivity index (χ0n) is 16.5. The van der Waals surface area contributed by atoms with Crippen LogP contribution in [0.2, 0.25) is 5.02 Å². The van der Waals surface area contributed by atoms with Gasteiger partial charge in [-0.2, -0.15) is 0 Å². The molecule has 0 fully saturated rings. The van der Waals surface area contributed by atoms with E-state index < -0.39 is 18.0 Å². The highest BCUT2D eigenvalue weighted by atomic mass is 35.5. The summed E-state index contributed by atoms with van der Waals surface area (Å²) in [5, 5.41) is 3.06. The molecule has 1 N–H and O–H groups in total. The Labute approximate surface area is 174 Å². The lowest BCUT2D eigenvalue weighted by atomic mass is 10.1. The van der Waals surface area contributed by atoms with Crippen molar-refractivity contribution in [3.05, 3.63) is 53.1 Å². The van der Waals surface area contributed by atoms with Crippen LogP contribution < -0.4 is 19.5 Å². The minimum absolute atomic E-state index is 0.381. The highest BCUT2D eigenvalue weighted by molar-refractivity contribution is 6.31. The molecule has 1 amide bonds. The summed E-state index contributed by atoms with van der Waals surface area (Å²) in [7, 11) is 4.54. The van der Waals surface area contributed by atoms with Crippen LogP contribution in [0.25, 0.3) is 6.08 Å². The molecule has 0 saturated carbocycles. The number of nitrogens with one attached hydrogen (secondary N) is 1. The number of amides is 1. The molecule has 0 heterocycles. The molecule has 0 aliphatic rings. The Morgan fingerprint density at radius 2 is 1.72 bits per heavy atom. The average molecular weight is 420 g/mol. The van der Waals surface area contributed by atoms with Crippen molar-refractivity contribution in [2.75, 3.05) is 26.6 Å². The normalized spacial score (nSPS) is 11.6. The smallest absolute Gasteiger partial charge is 0.331 e. The van der Waals surface area contributed by atoms with E-state index in [9.17, 15) is 9.59 Å². The fourth-order valence-corrected chi connectivity index (χ4v) is 2.57. The first-order valence-electron chi connectivity index (χ1n) is 8.63. The van der Waals surface area contributed by atoms with Crippen molar-refractivity contribution >= 4 is 35.2 Å². The number of methoxy groups -OCH3 is 3. The van der Waals surface area contributed by atoms with Crippen molar-refractivity contribution in [2.24, 2.45) is 0 Å². The summed E-state index contributed by atoms with van der Waals surface area (Å²) in [6.07, 6.45) is 1.72. The summed E-state index contributed by atoms with van der Waals surface area (Å²) >= 11 is 5.94. The lowest BCUT2D eigenvalue weighted by Crippen LogP contribution is -2.29. The molecule has 0 saturated heterocycles. The second-order valence-corrected chi connectivity index (χ2v) is 6.29. The first-order chi connectivity index (χ1) is 13.9. The number of esters is 1. The molecule has 8 heteroatoms. The van der Waals surface area contributed by atoms with Gasteiger partial charge in [0, 0.05) is 22.7 Å². The molecule has 154 valence electrons. The summed E-state index contributed by atoms with van der Waals surface area (Å²) in [5.74, 6) is 0.404. The van der Waals surface area contributed by atoms with Crippen LogP contribution in [0.15, 0.2) is 42.5 Å². The van der Waals surface area contributed by atoms with E-state index in [-0.39, 0.29) is 0 Å². The summed E-state index contributed by atoms with van der Waals surface area (Å²) < 4.78 is 20.7. The van der Waals surface area contributed by atoms with Gasteiger partial charge in [-0.15, -0.1) is 0 Å². The maximum absolute atomic E-state index is 12.3. The fourth-order valence-electron chi connectivity index (χ4n) is 2.39. The zero-order chi connectivity index (χ0) is 21.4. The fraction of sp³-hybridized carbons (Fsp3) is 0.238. The standard InChI is InChI=1S/C21H22ClNO6/c1-13(21(25)23-17-11-15(22)7-9-18(17)27-3)29-20(24)10-6-14-5-8-16(26-2)12-19(14)28-4/h5-13H,1-4H3,(H,23,25)/b10-6+/t13-/m0/s1. The number of carbonyl (C=O) groups is 2. The molecule has 29 heavy (non-hydrogen) atoms. The van der Waals surface area contributed by atoms with E-state index in [1.807, 2.05) is 0 Å². The van der Waals surface area contributed by atoms with Crippen LogP contribution in [0.5, 0.6) is 17.2 Å². The molecule has 0 aromatic heterocycles. The molecule has 1 atom stereocenters. The van der Waals surface area contributed by atoms with E-state index in [2.05, 4.69) is 5.32 Å². The maximum Gasteiger partial charge on any atom is 0.331 e. The average Bonchev–Trinajstić information content (AvgIpc) is 2.72. The number of carbonyl (C=O) groups excluding carboxylic acids is 2. The topological polar surface area (TPSA) is 83.1 Å². The number of hydrogen-bond donors (Lipinski definition) is 1. The van der Waals surface area contributed by atoms with E-state index in [1.165, 1.54) is 33.3 Å². The molecule has 0 radical (unpaired) electrons. The van der Waals surface area contributed by atoms with E-state index in [0.29, 0.717) is 33.5 Å². The Morgan fingerprint density at radius 3 is 2.38 bits per heavy atom. The summed E-state index contributed by atoms with van der Waals surface area (Å²) in [6.45, 7) is 1.46. The van der Waals surface area contributed by atoms with Crippen LogP contribution in [0, 0.1) is 0 Å². The molecule has 0 aliphatic carbocycles. The second-order valence-electron chi connectivity index (χ2n) is 5.85. The van der Waals surface area contributed by atoms with Gasteiger partial charge >= 0.3 is 5.97 Å². The van der Waals surface area contributed by atoms with Gasteiger partial charge in [-0.25, -0.2) is 4.79 Å². The van der Waals surface area contributed by atoms with Crippen molar-refractivity contribution in [1.82, 2.24) is 0 Å². The number of hydrogen-bond acceptors (Lipinski definition) is 6.